The van der Waals surface area contributed by atoms with Crippen LogP contribution in [-0.4, -0.2) is 14.8 Å². The summed E-state index contributed by atoms with van der Waals surface area (Å²) in [5.74, 6) is 0.212. The minimum atomic E-state index is -4.66. The minimum Gasteiger partial charge on any atom is -0.463 e. The largest absolute Gasteiger partial charge is 0.463 e. The highest BCUT2D eigenvalue weighted by Gasteiger charge is 2.37. The fraction of sp³-hybridized carbons (Fsp3) is 0.0435. The summed E-state index contributed by atoms with van der Waals surface area (Å²) in [6, 6.07) is 17.2. The zero-order chi connectivity index (χ0) is 22.5. The van der Waals surface area contributed by atoms with E-state index in [1.807, 2.05) is 0 Å². The number of rotatable bonds is 3. The maximum Gasteiger partial charge on any atom is 0.417 e. The van der Waals surface area contributed by atoms with Gasteiger partial charge in [-0.1, -0.05) is 41.4 Å². The predicted molar refractivity (Wildman–Crippen MR) is 117 cm³/mol. The van der Waals surface area contributed by atoms with Crippen LogP contribution in [-0.2, 0) is 6.18 Å². The van der Waals surface area contributed by atoms with Gasteiger partial charge in [-0.15, -0.1) is 0 Å². The summed E-state index contributed by atoms with van der Waals surface area (Å²) < 4.78 is 49.4. The number of aromatic nitrogens is 3. The first-order chi connectivity index (χ1) is 15.3. The number of hydrogen-bond acceptors (Lipinski definition) is 3. The number of nitrogens with zero attached hydrogens (tertiary/aromatic N) is 3. The third kappa shape index (κ3) is 3.63. The number of pyridine rings is 1. The molecule has 5 aromatic rings. The second-order valence-electron chi connectivity index (χ2n) is 6.98. The van der Waals surface area contributed by atoms with Crippen LogP contribution < -0.4 is 0 Å². The van der Waals surface area contributed by atoms with E-state index in [4.69, 9.17) is 27.6 Å². The molecule has 0 unspecified atom stereocenters. The predicted octanol–water partition coefficient (Wildman–Crippen LogP) is 7.67. The second-order valence-corrected chi connectivity index (χ2v) is 7.85. The van der Waals surface area contributed by atoms with Gasteiger partial charge in [0.25, 0.3) is 0 Å². The Morgan fingerprint density at radius 1 is 0.875 bits per heavy atom. The van der Waals surface area contributed by atoms with Gasteiger partial charge in [0.1, 0.15) is 11.4 Å². The molecule has 3 aromatic heterocycles. The lowest BCUT2D eigenvalue weighted by Gasteiger charge is -2.11. The first-order valence-electron chi connectivity index (χ1n) is 9.38. The molecule has 0 N–H and O–H groups in total. The van der Waals surface area contributed by atoms with Crippen molar-refractivity contribution in [2.45, 2.75) is 6.18 Å². The Hall–Kier alpha value is -3.29. The van der Waals surface area contributed by atoms with E-state index in [1.54, 1.807) is 60.7 Å². The lowest BCUT2D eigenvalue weighted by Crippen LogP contribution is -2.08. The third-order valence-electron chi connectivity index (χ3n) is 4.89. The normalized spacial score (nSPS) is 11.9. The lowest BCUT2D eigenvalue weighted by molar-refractivity contribution is -0.136. The summed E-state index contributed by atoms with van der Waals surface area (Å²) >= 11 is 12.1. The number of furan rings is 1. The molecule has 3 heterocycles. The van der Waals surface area contributed by atoms with Crippen molar-refractivity contribution >= 4 is 34.2 Å². The Kier molecular flexibility index (Phi) is 4.95. The monoisotopic (exact) mass is 473 g/mol. The highest BCUT2D eigenvalue weighted by atomic mass is 35.5. The average Bonchev–Trinajstić information content (AvgIpc) is 3.41. The van der Waals surface area contributed by atoms with Gasteiger partial charge in [-0.3, -0.25) is 0 Å². The quantitative estimate of drug-likeness (QED) is 0.270. The van der Waals surface area contributed by atoms with Gasteiger partial charge >= 0.3 is 6.18 Å². The molecule has 32 heavy (non-hydrogen) atoms. The summed E-state index contributed by atoms with van der Waals surface area (Å²) in [7, 11) is 0. The van der Waals surface area contributed by atoms with Crippen LogP contribution in [0.4, 0.5) is 13.2 Å². The molecule has 160 valence electrons. The minimum absolute atomic E-state index is 0.0263. The van der Waals surface area contributed by atoms with Gasteiger partial charge in [0.15, 0.2) is 11.4 Å². The molecule has 0 spiro atoms. The maximum atomic E-state index is 14.2. The standard InChI is InChI=1S/C23H12Cl2F3N3O/c24-14-8-6-13(7-9-14)21-20-17(23(26,27)28)12-18(19-5-2-10-32-19)29-22(20)31(30-21)16-4-1-3-15(25)11-16/h1-12H. The van der Waals surface area contributed by atoms with Gasteiger partial charge in [-0.05, 0) is 48.5 Å². The van der Waals surface area contributed by atoms with Gasteiger partial charge < -0.3 is 4.42 Å². The van der Waals surface area contributed by atoms with Crippen molar-refractivity contribution < 1.29 is 17.6 Å². The van der Waals surface area contributed by atoms with E-state index in [0.717, 1.165) is 6.07 Å². The lowest BCUT2D eigenvalue weighted by atomic mass is 10.0. The average molecular weight is 474 g/mol. The molecule has 0 radical (unpaired) electrons. The van der Waals surface area contributed by atoms with Crippen molar-refractivity contribution in [2.75, 3.05) is 0 Å². The summed E-state index contributed by atoms with van der Waals surface area (Å²) in [6.07, 6.45) is -3.28. The van der Waals surface area contributed by atoms with Gasteiger partial charge in [0, 0.05) is 15.6 Å². The van der Waals surface area contributed by atoms with E-state index in [1.165, 1.54) is 10.9 Å². The van der Waals surface area contributed by atoms with E-state index in [9.17, 15) is 13.2 Å². The Bertz CT molecular complexity index is 1430. The van der Waals surface area contributed by atoms with Gasteiger partial charge in [0.05, 0.1) is 22.9 Å². The fourth-order valence-electron chi connectivity index (χ4n) is 3.49. The number of benzene rings is 2. The van der Waals surface area contributed by atoms with Crippen molar-refractivity contribution in [2.24, 2.45) is 0 Å². The molecule has 0 aliphatic rings. The van der Waals surface area contributed by atoms with Crippen LogP contribution >= 0.6 is 23.2 Å². The number of fused-ring (bicyclic) bond motifs is 1. The Morgan fingerprint density at radius 3 is 2.31 bits per heavy atom. The van der Waals surface area contributed by atoms with Crippen molar-refractivity contribution in [1.29, 1.82) is 0 Å². The zero-order valence-corrected chi connectivity index (χ0v) is 17.6. The molecule has 0 saturated carbocycles. The first-order valence-corrected chi connectivity index (χ1v) is 10.1. The Labute approximate surface area is 189 Å². The molecule has 9 heteroatoms. The summed E-state index contributed by atoms with van der Waals surface area (Å²) in [6.45, 7) is 0. The summed E-state index contributed by atoms with van der Waals surface area (Å²) in [5, 5.41) is 5.26. The van der Waals surface area contributed by atoms with Crippen LogP contribution in [0, 0.1) is 0 Å². The number of hydrogen-bond donors (Lipinski definition) is 0. The first kappa shape index (κ1) is 20.6. The van der Waals surface area contributed by atoms with E-state index in [0.29, 0.717) is 21.3 Å². The molecule has 0 amide bonds. The number of halogens is 5. The van der Waals surface area contributed by atoms with E-state index in [-0.39, 0.29) is 28.2 Å². The van der Waals surface area contributed by atoms with Crippen molar-refractivity contribution in [3.63, 3.8) is 0 Å². The summed E-state index contributed by atoms with van der Waals surface area (Å²) in [5.41, 5.74) is 0.270. The molecule has 0 atom stereocenters. The highest BCUT2D eigenvalue weighted by molar-refractivity contribution is 6.31. The Morgan fingerprint density at radius 2 is 1.66 bits per heavy atom. The molecule has 0 fully saturated rings. The van der Waals surface area contributed by atoms with E-state index in [2.05, 4.69) is 10.1 Å². The van der Waals surface area contributed by atoms with Crippen molar-refractivity contribution in [3.05, 3.63) is 88.6 Å². The van der Waals surface area contributed by atoms with E-state index < -0.39 is 11.7 Å². The van der Waals surface area contributed by atoms with E-state index >= 15 is 0 Å². The Balaban J connectivity index is 1.91. The molecule has 5 rings (SSSR count). The van der Waals surface area contributed by atoms with Gasteiger partial charge in [-0.2, -0.15) is 18.3 Å². The summed E-state index contributed by atoms with van der Waals surface area (Å²) in [4.78, 5) is 4.50. The van der Waals surface area contributed by atoms with Crippen LogP contribution in [0.3, 0.4) is 0 Å². The maximum absolute atomic E-state index is 14.2. The molecule has 4 nitrogen and oxygen atoms in total. The SMILES string of the molecule is FC(F)(F)c1cc(-c2ccco2)nc2c1c(-c1ccc(Cl)cc1)nn2-c1cccc(Cl)c1. The topological polar surface area (TPSA) is 43.9 Å². The molecule has 0 aliphatic carbocycles. The molecule has 0 aliphatic heterocycles. The van der Waals surface area contributed by atoms with Crippen molar-refractivity contribution in [3.8, 4) is 28.4 Å². The second kappa shape index (κ2) is 7.69. The number of alkyl halides is 3. The molecule has 2 aromatic carbocycles. The van der Waals surface area contributed by atoms with Gasteiger partial charge in [0.2, 0.25) is 0 Å². The zero-order valence-electron chi connectivity index (χ0n) is 16.1. The smallest absolute Gasteiger partial charge is 0.417 e. The van der Waals surface area contributed by atoms with Crippen LogP contribution in [0.1, 0.15) is 5.56 Å². The molecular weight excluding hydrogens is 462 g/mol. The van der Waals surface area contributed by atoms with Crippen LogP contribution in [0.5, 0.6) is 0 Å². The molecule has 0 saturated heterocycles. The molecular formula is C23H12Cl2F3N3O. The fourth-order valence-corrected chi connectivity index (χ4v) is 3.80. The van der Waals surface area contributed by atoms with Crippen LogP contribution in [0.15, 0.2) is 77.4 Å². The molecule has 0 bridgehead atoms. The third-order valence-corrected chi connectivity index (χ3v) is 5.37. The van der Waals surface area contributed by atoms with Gasteiger partial charge in [-0.25, -0.2) is 9.67 Å². The van der Waals surface area contributed by atoms with Crippen molar-refractivity contribution in [1.82, 2.24) is 14.8 Å². The highest BCUT2D eigenvalue weighted by Crippen LogP contribution is 2.41. The van der Waals surface area contributed by atoms with Crippen LogP contribution in [0.2, 0.25) is 10.0 Å². The van der Waals surface area contributed by atoms with Crippen LogP contribution in [0.25, 0.3) is 39.4 Å².